The highest BCUT2D eigenvalue weighted by Gasteiger charge is 2.19. The lowest BCUT2D eigenvalue weighted by Gasteiger charge is -2.18. The van der Waals surface area contributed by atoms with E-state index < -0.39 is 6.10 Å². The van der Waals surface area contributed by atoms with Crippen LogP contribution in [-0.4, -0.2) is 37.2 Å². The molecule has 0 aliphatic heterocycles. The number of ether oxygens (including phenoxy) is 3. The summed E-state index contributed by atoms with van der Waals surface area (Å²) in [6.07, 6.45) is 57.3. The van der Waals surface area contributed by atoms with Gasteiger partial charge in [-0.1, -0.05) is 225 Å². The molecule has 0 unspecified atom stereocenters. The number of carbonyl (C=O) groups excluding carboxylic acids is 3. The normalized spacial score (nSPS) is 12.1. The van der Waals surface area contributed by atoms with Crippen LogP contribution in [-0.2, 0) is 28.6 Å². The van der Waals surface area contributed by atoms with Crippen molar-refractivity contribution < 1.29 is 28.6 Å². The van der Waals surface area contributed by atoms with Gasteiger partial charge in [0, 0.05) is 19.3 Å². The molecule has 0 saturated heterocycles. The fraction of sp³-hybridized carbons (Fsp3) is 0.873. The molecule has 0 aromatic rings. The first-order valence-electron chi connectivity index (χ1n) is 26.8. The van der Waals surface area contributed by atoms with Crippen molar-refractivity contribution >= 4 is 17.9 Å². The summed E-state index contributed by atoms with van der Waals surface area (Å²) in [4.78, 5) is 38.0. The van der Waals surface area contributed by atoms with E-state index in [1.165, 1.54) is 180 Å². The zero-order chi connectivity index (χ0) is 44.4. The minimum Gasteiger partial charge on any atom is -0.462 e. The Bertz CT molecular complexity index is 989. The highest BCUT2D eigenvalue weighted by Crippen LogP contribution is 2.16. The van der Waals surface area contributed by atoms with Crippen LogP contribution < -0.4 is 0 Å². The molecule has 0 aromatic heterocycles. The molecule has 6 heteroatoms. The lowest BCUT2D eigenvalue weighted by molar-refractivity contribution is -0.167. The lowest BCUT2D eigenvalue weighted by Crippen LogP contribution is -2.30. The van der Waals surface area contributed by atoms with Crippen molar-refractivity contribution in [2.75, 3.05) is 13.2 Å². The summed E-state index contributed by atoms with van der Waals surface area (Å²) in [5.74, 6) is -0.877. The van der Waals surface area contributed by atoms with Gasteiger partial charge in [-0.05, 0) is 70.6 Å². The number of esters is 3. The summed E-state index contributed by atoms with van der Waals surface area (Å²) < 4.78 is 16.8. The van der Waals surface area contributed by atoms with Crippen LogP contribution >= 0.6 is 0 Å². The second kappa shape index (κ2) is 50.5. The van der Waals surface area contributed by atoms with E-state index in [0.717, 1.165) is 70.6 Å². The lowest BCUT2D eigenvalue weighted by atomic mass is 10.0. The van der Waals surface area contributed by atoms with Crippen LogP contribution in [0.1, 0.15) is 290 Å². The van der Waals surface area contributed by atoms with Crippen LogP contribution in [0.25, 0.3) is 0 Å². The third kappa shape index (κ3) is 48.8. The molecule has 6 nitrogen and oxygen atoms in total. The second-order valence-electron chi connectivity index (χ2n) is 18.1. The average Bonchev–Trinajstić information content (AvgIpc) is 3.26. The smallest absolute Gasteiger partial charge is 0.306 e. The highest BCUT2D eigenvalue weighted by molar-refractivity contribution is 5.71. The van der Waals surface area contributed by atoms with Crippen molar-refractivity contribution in [3.63, 3.8) is 0 Å². The monoisotopic (exact) mass is 859 g/mol. The maximum atomic E-state index is 12.8. The van der Waals surface area contributed by atoms with E-state index in [1.807, 2.05) is 0 Å². The molecule has 0 spiro atoms. The molecule has 0 fully saturated rings. The summed E-state index contributed by atoms with van der Waals surface area (Å²) in [6.45, 7) is 6.63. The number of hydrogen-bond donors (Lipinski definition) is 0. The second-order valence-corrected chi connectivity index (χ2v) is 18.1. The molecule has 61 heavy (non-hydrogen) atoms. The molecule has 0 aromatic carbocycles. The molecule has 0 saturated carbocycles. The molecule has 1 atom stereocenters. The number of carbonyl (C=O) groups is 3. The van der Waals surface area contributed by atoms with Crippen molar-refractivity contribution in [1.82, 2.24) is 0 Å². The van der Waals surface area contributed by atoms with Gasteiger partial charge < -0.3 is 14.2 Å². The van der Waals surface area contributed by atoms with E-state index >= 15 is 0 Å². The van der Waals surface area contributed by atoms with E-state index in [0.29, 0.717) is 19.3 Å². The molecule has 0 heterocycles. The van der Waals surface area contributed by atoms with E-state index in [1.54, 1.807) is 0 Å². The first-order valence-corrected chi connectivity index (χ1v) is 26.8. The first-order chi connectivity index (χ1) is 30.0. The van der Waals surface area contributed by atoms with E-state index in [4.69, 9.17) is 14.2 Å². The van der Waals surface area contributed by atoms with Gasteiger partial charge in [-0.25, -0.2) is 0 Å². The van der Waals surface area contributed by atoms with Gasteiger partial charge in [-0.3, -0.25) is 14.4 Å². The van der Waals surface area contributed by atoms with Crippen LogP contribution in [0.2, 0.25) is 0 Å². The summed E-state index contributed by atoms with van der Waals surface area (Å²) in [5.41, 5.74) is 0. The number of hydrogen-bond acceptors (Lipinski definition) is 6. The fourth-order valence-electron chi connectivity index (χ4n) is 7.84. The molecule has 0 aliphatic rings. The van der Waals surface area contributed by atoms with Crippen molar-refractivity contribution in [3.8, 4) is 0 Å². The van der Waals surface area contributed by atoms with Gasteiger partial charge in [0.1, 0.15) is 13.2 Å². The van der Waals surface area contributed by atoms with Gasteiger partial charge in [0.2, 0.25) is 0 Å². The maximum Gasteiger partial charge on any atom is 0.306 e. The summed E-state index contributed by atoms with van der Waals surface area (Å²) >= 11 is 0. The van der Waals surface area contributed by atoms with Crippen molar-refractivity contribution in [2.24, 2.45) is 0 Å². The van der Waals surface area contributed by atoms with Crippen LogP contribution in [0, 0.1) is 0 Å². The Hall–Kier alpha value is -2.11. The van der Waals surface area contributed by atoms with Gasteiger partial charge in [-0.15, -0.1) is 0 Å². The predicted molar refractivity (Wildman–Crippen MR) is 261 cm³/mol. The van der Waals surface area contributed by atoms with Crippen molar-refractivity contribution in [1.29, 1.82) is 0 Å². The predicted octanol–water partition coefficient (Wildman–Crippen LogP) is 17.5. The van der Waals surface area contributed by atoms with E-state index in [2.05, 4.69) is 45.1 Å². The minimum atomic E-state index is -0.774. The first kappa shape index (κ1) is 58.9. The molecule has 0 rings (SSSR count). The molecule has 0 bridgehead atoms. The van der Waals surface area contributed by atoms with E-state index in [-0.39, 0.29) is 31.1 Å². The Kier molecular flexibility index (Phi) is 48.8. The molecule has 0 aliphatic carbocycles. The molecule has 0 radical (unpaired) electrons. The molecule has 0 N–H and O–H groups in total. The van der Waals surface area contributed by atoms with Gasteiger partial charge in [0.05, 0.1) is 0 Å². The van der Waals surface area contributed by atoms with Crippen LogP contribution in [0.15, 0.2) is 24.3 Å². The zero-order valence-corrected chi connectivity index (χ0v) is 40.9. The van der Waals surface area contributed by atoms with Crippen LogP contribution in [0.3, 0.4) is 0 Å². The van der Waals surface area contributed by atoms with E-state index in [9.17, 15) is 14.4 Å². The Morgan fingerprint density at radius 2 is 0.541 bits per heavy atom. The molecule has 358 valence electrons. The van der Waals surface area contributed by atoms with Gasteiger partial charge in [-0.2, -0.15) is 0 Å². The Morgan fingerprint density at radius 3 is 0.852 bits per heavy atom. The Labute approximate surface area is 379 Å². The number of allylic oxidation sites excluding steroid dienone is 4. The SMILES string of the molecule is CCCCC/C=C\CCCCCCCC(=O)OC[C@H](COC(=O)CCCCCCCCCCCCCCCCCC)OC(=O)CCCCCCC/C=C\CCCCCCCC. The summed E-state index contributed by atoms with van der Waals surface area (Å²) in [7, 11) is 0. The van der Waals surface area contributed by atoms with Crippen LogP contribution in [0.4, 0.5) is 0 Å². The minimum absolute atomic E-state index is 0.0733. The standard InChI is InChI=1S/C55H102O6/c1-4-7-10-13-16-19-22-25-27-29-30-33-36-39-42-45-48-54(57)60-51-52(50-59-53(56)47-44-41-38-35-32-24-21-18-15-12-9-6-3)61-55(58)49-46-43-40-37-34-31-28-26-23-20-17-14-11-8-5-2/h18,21,26,28,52H,4-17,19-20,22-25,27,29-51H2,1-3H3/b21-18-,28-26-/t52-/m1/s1. The zero-order valence-electron chi connectivity index (χ0n) is 40.9. The Morgan fingerprint density at radius 1 is 0.311 bits per heavy atom. The quantitative estimate of drug-likeness (QED) is 0.0262. The Balaban J connectivity index is 4.34. The average molecular weight is 859 g/mol. The summed E-state index contributed by atoms with van der Waals surface area (Å²) in [6, 6.07) is 0. The van der Waals surface area contributed by atoms with Gasteiger partial charge in [0.25, 0.3) is 0 Å². The molecule has 0 amide bonds. The maximum absolute atomic E-state index is 12.8. The third-order valence-corrected chi connectivity index (χ3v) is 11.9. The molecular formula is C55H102O6. The van der Waals surface area contributed by atoms with Gasteiger partial charge in [0.15, 0.2) is 6.10 Å². The third-order valence-electron chi connectivity index (χ3n) is 11.9. The topological polar surface area (TPSA) is 78.9 Å². The van der Waals surface area contributed by atoms with Crippen LogP contribution in [0.5, 0.6) is 0 Å². The van der Waals surface area contributed by atoms with Crippen molar-refractivity contribution in [2.45, 2.75) is 297 Å². The number of rotatable bonds is 49. The summed E-state index contributed by atoms with van der Waals surface area (Å²) in [5, 5.41) is 0. The van der Waals surface area contributed by atoms with Gasteiger partial charge >= 0.3 is 17.9 Å². The van der Waals surface area contributed by atoms with Crippen molar-refractivity contribution in [3.05, 3.63) is 24.3 Å². The largest absolute Gasteiger partial charge is 0.462 e. The molecular weight excluding hydrogens is 757 g/mol. The number of unbranched alkanes of at least 4 members (excludes halogenated alkanes) is 34. The fourth-order valence-corrected chi connectivity index (χ4v) is 7.84. The highest BCUT2D eigenvalue weighted by atomic mass is 16.6.